The van der Waals surface area contributed by atoms with Crippen LogP contribution in [0.15, 0.2) is 57.7 Å². The first kappa shape index (κ1) is 21.6. The fourth-order valence-corrected chi connectivity index (χ4v) is 3.43. The normalized spacial score (nSPS) is 12.2. The molecule has 1 unspecified atom stereocenters. The van der Waals surface area contributed by atoms with Gasteiger partial charge in [0.25, 0.3) is 0 Å². The largest absolute Gasteiger partial charge is 0.496 e. The zero-order valence-corrected chi connectivity index (χ0v) is 17.5. The van der Waals surface area contributed by atoms with Crippen molar-refractivity contribution in [2.45, 2.75) is 32.7 Å². The molecule has 1 heterocycles. The number of amides is 1. The van der Waals surface area contributed by atoms with Crippen LogP contribution in [0.4, 0.5) is 0 Å². The van der Waals surface area contributed by atoms with E-state index in [9.17, 15) is 14.7 Å². The van der Waals surface area contributed by atoms with Crippen molar-refractivity contribution >= 4 is 16.9 Å². The van der Waals surface area contributed by atoms with Crippen molar-refractivity contribution in [3.8, 4) is 16.9 Å². The van der Waals surface area contributed by atoms with E-state index >= 15 is 0 Å². The number of hydrogen-bond acceptors (Lipinski definition) is 5. The van der Waals surface area contributed by atoms with E-state index in [1.807, 2.05) is 50.2 Å². The highest BCUT2D eigenvalue weighted by Crippen LogP contribution is 2.32. The summed E-state index contributed by atoms with van der Waals surface area (Å²) in [5.41, 5.74) is 2.53. The van der Waals surface area contributed by atoms with E-state index in [1.54, 1.807) is 13.2 Å². The van der Waals surface area contributed by atoms with Crippen LogP contribution in [0, 0.1) is 5.92 Å². The van der Waals surface area contributed by atoms with Crippen LogP contribution in [0.25, 0.3) is 22.1 Å². The lowest BCUT2D eigenvalue weighted by Gasteiger charge is -2.20. The van der Waals surface area contributed by atoms with E-state index in [0.29, 0.717) is 17.8 Å². The van der Waals surface area contributed by atoms with Gasteiger partial charge in [0.05, 0.1) is 19.8 Å². The van der Waals surface area contributed by atoms with E-state index < -0.39 is 5.63 Å². The van der Waals surface area contributed by atoms with Crippen molar-refractivity contribution in [3.05, 3.63) is 64.5 Å². The zero-order chi connectivity index (χ0) is 21.7. The number of aliphatic hydroxyl groups is 1. The lowest BCUT2D eigenvalue weighted by Crippen LogP contribution is -2.41. The number of hydrogen-bond donors (Lipinski definition) is 2. The van der Waals surface area contributed by atoms with Gasteiger partial charge in [-0.2, -0.15) is 0 Å². The summed E-state index contributed by atoms with van der Waals surface area (Å²) >= 11 is 0. The topological polar surface area (TPSA) is 88.8 Å². The Morgan fingerprint density at radius 1 is 1.17 bits per heavy atom. The smallest absolute Gasteiger partial charge is 0.336 e. The van der Waals surface area contributed by atoms with Crippen molar-refractivity contribution in [3.63, 3.8) is 0 Å². The van der Waals surface area contributed by atoms with E-state index in [0.717, 1.165) is 22.1 Å². The average Bonchev–Trinajstić information content (AvgIpc) is 2.75. The Labute approximate surface area is 175 Å². The molecule has 3 rings (SSSR count). The third-order valence-corrected chi connectivity index (χ3v) is 5.20. The molecule has 0 aliphatic carbocycles. The second kappa shape index (κ2) is 9.59. The van der Waals surface area contributed by atoms with Gasteiger partial charge in [-0.15, -0.1) is 0 Å². The molecule has 0 saturated carbocycles. The lowest BCUT2D eigenvalue weighted by atomic mass is 9.98. The Morgan fingerprint density at radius 2 is 1.90 bits per heavy atom. The molecule has 2 aromatic carbocycles. The summed E-state index contributed by atoms with van der Waals surface area (Å²) in [5, 5.41) is 13.1. The van der Waals surface area contributed by atoms with Gasteiger partial charge in [-0.25, -0.2) is 4.79 Å². The zero-order valence-electron chi connectivity index (χ0n) is 17.5. The van der Waals surface area contributed by atoms with Crippen LogP contribution in [0.2, 0.25) is 0 Å². The van der Waals surface area contributed by atoms with Crippen LogP contribution < -0.4 is 15.7 Å². The molecule has 0 aliphatic rings. The number of carbonyl (C=O) groups excluding carboxylic acids is 1. The van der Waals surface area contributed by atoms with Crippen LogP contribution in [-0.4, -0.2) is 30.8 Å². The highest BCUT2D eigenvalue weighted by molar-refractivity contribution is 5.94. The van der Waals surface area contributed by atoms with Crippen molar-refractivity contribution in [2.75, 3.05) is 13.7 Å². The van der Waals surface area contributed by atoms with Gasteiger partial charge < -0.3 is 19.6 Å². The maximum atomic E-state index is 12.4. The van der Waals surface area contributed by atoms with Crippen LogP contribution in [-0.2, 0) is 11.2 Å². The van der Waals surface area contributed by atoms with Crippen molar-refractivity contribution in [1.82, 2.24) is 5.32 Å². The fraction of sp³-hybridized carbons (Fsp3) is 0.333. The number of rotatable bonds is 8. The third-order valence-electron chi connectivity index (χ3n) is 5.20. The summed E-state index contributed by atoms with van der Waals surface area (Å²) in [6, 6.07) is 14.4. The van der Waals surface area contributed by atoms with Crippen molar-refractivity contribution < 1.29 is 19.1 Å². The number of fused-ring (bicyclic) bond motifs is 1. The van der Waals surface area contributed by atoms with Crippen LogP contribution in [0.1, 0.15) is 25.8 Å². The summed E-state index contributed by atoms with van der Waals surface area (Å²) in [6.45, 7) is 3.81. The molecule has 2 N–H and O–H groups in total. The Bertz CT molecular complexity index is 1070. The van der Waals surface area contributed by atoms with Gasteiger partial charge in [-0.3, -0.25) is 4.79 Å². The van der Waals surface area contributed by atoms with E-state index in [4.69, 9.17) is 9.15 Å². The minimum Gasteiger partial charge on any atom is -0.496 e. The molecule has 0 saturated heterocycles. The molecule has 0 bridgehead atoms. The van der Waals surface area contributed by atoms with Gasteiger partial charge in [0.1, 0.15) is 11.3 Å². The van der Waals surface area contributed by atoms with Gasteiger partial charge in [0, 0.05) is 23.9 Å². The third kappa shape index (κ3) is 4.89. The number of nitrogens with one attached hydrogen (secondary N) is 1. The van der Waals surface area contributed by atoms with Gasteiger partial charge in [0.2, 0.25) is 5.91 Å². The summed E-state index contributed by atoms with van der Waals surface area (Å²) in [5.74, 6) is 0.574. The summed E-state index contributed by atoms with van der Waals surface area (Å²) in [6.07, 6.45) is 0.705. The number of methoxy groups -OCH3 is 1. The number of ether oxygens (including phenoxy) is 1. The van der Waals surface area contributed by atoms with Crippen LogP contribution in [0.3, 0.4) is 0 Å². The fourth-order valence-electron chi connectivity index (χ4n) is 3.43. The SMILES string of the molecule is COc1cc2oc(=O)cc(-c3ccccc3)c2cc1CCC(=O)NC(CO)C(C)C. The maximum absolute atomic E-state index is 12.4. The Morgan fingerprint density at radius 3 is 2.53 bits per heavy atom. The summed E-state index contributed by atoms with van der Waals surface area (Å²) in [4.78, 5) is 24.4. The molecule has 0 spiro atoms. The number of aryl methyl sites for hydroxylation is 1. The average molecular weight is 409 g/mol. The molecule has 1 atom stereocenters. The summed E-state index contributed by atoms with van der Waals surface area (Å²) in [7, 11) is 1.55. The molecular weight excluding hydrogens is 382 g/mol. The Kier molecular flexibility index (Phi) is 6.90. The quantitative estimate of drug-likeness (QED) is 0.556. The summed E-state index contributed by atoms with van der Waals surface area (Å²) < 4.78 is 10.9. The second-order valence-corrected chi connectivity index (χ2v) is 7.61. The van der Waals surface area contributed by atoms with Gasteiger partial charge in [-0.1, -0.05) is 44.2 Å². The van der Waals surface area contributed by atoms with Gasteiger partial charge >= 0.3 is 5.63 Å². The Hall–Kier alpha value is -3.12. The molecule has 158 valence electrons. The van der Waals surface area contributed by atoms with Crippen molar-refractivity contribution in [1.29, 1.82) is 0 Å². The first-order valence-corrected chi connectivity index (χ1v) is 10.0. The van der Waals surface area contributed by atoms with Gasteiger partial charge in [-0.05, 0) is 35.1 Å². The molecule has 3 aromatic rings. The molecule has 6 heteroatoms. The predicted octanol–water partition coefficient (Wildman–Crippen LogP) is 3.53. The monoisotopic (exact) mass is 409 g/mol. The molecule has 0 aliphatic heterocycles. The van der Waals surface area contributed by atoms with E-state index in [2.05, 4.69) is 5.32 Å². The van der Waals surface area contributed by atoms with Gasteiger partial charge in [0.15, 0.2) is 0 Å². The molecule has 0 radical (unpaired) electrons. The molecule has 0 fully saturated rings. The highest BCUT2D eigenvalue weighted by atomic mass is 16.5. The number of benzene rings is 2. The molecule has 30 heavy (non-hydrogen) atoms. The minimum atomic E-state index is -0.431. The molecule has 1 amide bonds. The highest BCUT2D eigenvalue weighted by Gasteiger charge is 2.17. The minimum absolute atomic E-state index is 0.0951. The molecule has 1 aromatic heterocycles. The Balaban J connectivity index is 1.94. The lowest BCUT2D eigenvalue weighted by molar-refractivity contribution is -0.122. The molecule has 6 nitrogen and oxygen atoms in total. The molecular formula is C24H27NO5. The van der Waals surface area contributed by atoms with Crippen LogP contribution >= 0.6 is 0 Å². The predicted molar refractivity (Wildman–Crippen MR) is 117 cm³/mol. The second-order valence-electron chi connectivity index (χ2n) is 7.61. The number of aliphatic hydroxyl groups excluding tert-OH is 1. The van der Waals surface area contributed by atoms with E-state index in [1.165, 1.54) is 6.07 Å². The number of carbonyl (C=O) groups is 1. The standard InChI is InChI=1S/C24H27NO5/c1-15(2)20(14-26)25-23(27)10-9-17-11-19-18(16-7-5-4-6-8-16)12-24(28)30-22(19)13-21(17)29-3/h4-8,11-13,15,20,26H,9-10,14H2,1-3H3,(H,25,27). The maximum Gasteiger partial charge on any atom is 0.336 e. The first-order valence-electron chi connectivity index (χ1n) is 10.0. The first-order chi connectivity index (χ1) is 14.4. The van der Waals surface area contributed by atoms with Crippen LogP contribution in [0.5, 0.6) is 5.75 Å². The van der Waals surface area contributed by atoms with E-state index in [-0.39, 0.29) is 30.9 Å². The van der Waals surface area contributed by atoms with Crippen molar-refractivity contribution in [2.24, 2.45) is 5.92 Å².